The zero-order valence-corrected chi connectivity index (χ0v) is 14.3. The first kappa shape index (κ1) is 17.1. The van der Waals surface area contributed by atoms with Crippen molar-refractivity contribution in [1.82, 2.24) is 0 Å². The molecule has 0 fully saturated rings. The Hall–Kier alpha value is -2.29. The van der Waals surface area contributed by atoms with Gasteiger partial charge in [0.2, 0.25) is 0 Å². The molecule has 2 rings (SSSR count). The largest absolute Gasteiger partial charge is 0.481 e. The highest BCUT2D eigenvalue weighted by atomic mass is 16.5. The van der Waals surface area contributed by atoms with Crippen LogP contribution in [0.3, 0.4) is 0 Å². The summed E-state index contributed by atoms with van der Waals surface area (Å²) in [6.45, 7) is 8.10. The van der Waals surface area contributed by atoms with Crippen molar-refractivity contribution < 1.29 is 9.53 Å². The van der Waals surface area contributed by atoms with Crippen molar-refractivity contribution in [2.45, 2.75) is 46.1 Å². The van der Waals surface area contributed by atoms with E-state index in [9.17, 15) is 4.79 Å². The van der Waals surface area contributed by atoms with Crippen molar-refractivity contribution >= 4 is 11.6 Å². The molecule has 0 saturated carbocycles. The average molecular weight is 311 g/mol. The second-order valence-electron chi connectivity index (χ2n) is 5.99. The number of aryl methyl sites for hydroxylation is 1. The van der Waals surface area contributed by atoms with Gasteiger partial charge in [-0.15, -0.1) is 0 Å². The topological polar surface area (TPSA) is 38.3 Å². The molecule has 0 spiro atoms. The molecule has 0 heterocycles. The van der Waals surface area contributed by atoms with Crippen molar-refractivity contribution in [3.05, 3.63) is 59.7 Å². The molecule has 0 aromatic heterocycles. The van der Waals surface area contributed by atoms with Gasteiger partial charge in [-0.05, 0) is 48.6 Å². The number of rotatable bonds is 6. The van der Waals surface area contributed by atoms with Crippen LogP contribution in [0.5, 0.6) is 5.75 Å². The molecule has 0 unspecified atom stereocenters. The van der Waals surface area contributed by atoms with Crippen LogP contribution in [0.2, 0.25) is 0 Å². The lowest BCUT2D eigenvalue weighted by atomic mass is 10.0. The second-order valence-corrected chi connectivity index (χ2v) is 5.99. The van der Waals surface area contributed by atoms with E-state index in [1.54, 1.807) is 6.92 Å². The van der Waals surface area contributed by atoms with E-state index in [0.717, 1.165) is 23.4 Å². The number of anilines is 1. The number of carbonyl (C=O) groups excluding carboxylic acids is 1. The van der Waals surface area contributed by atoms with Crippen LogP contribution in [0.25, 0.3) is 0 Å². The van der Waals surface area contributed by atoms with Gasteiger partial charge in [0.15, 0.2) is 6.10 Å². The summed E-state index contributed by atoms with van der Waals surface area (Å²) in [7, 11) is 0. The van der Waals surface area contributed by atoms with E-state index < -0.39 is 6.10 Å². The number of nitrogens with one attached hydrogen (secondary N) is 1. The van der Waals surface area contributed by atoms with Gasteiger partial charge >= 0.3 is 0 Å². The smallest absolute Gasteiger partial charge is 0.265 e. The Kier molecular flexibility index (Phi) is 5.80. The molecule has 3 heteroatoms. The van der Waals surface area contributed by atoms with Gasteiger partial charge in [-0.2, -0.15) is 0 Å². The van der Waals surface area contributed by atoms with Crippen LogP contribution in [0.15, 0.2) is 48.5 Å². The first-order valence-electron chi connectivity index (χ1n) is 8.16. The van der Waals surface area contributed by atoms with E-state index in [1.807, 2.05) is 48.5 Å². The highest BCUT2D eigenvalue weighted by Gasteiger charge is 2.17. The van der Waals surface area contributed by atoms with E-state index >= 15 is 0 Å². The van der Waals surface area contributed by atoms with Gasteiger partial charge in [0, 0.05) is 5.69 Å². The average Bonchev–Trinajstić information content (AvgIpc) is 2.55. The monoisotopic (exact) mass is 311 g/mol. The molecule has 2 aromatic rings. The summed E-state index contributed by atoms with van der Waals surface area (Å²) in [6, 6.07) is 15.8. The van der Waals surface area contributed by atoms with Gasteiger partial charge < -0.3 is 10.1 Å². The van der Waals surface area contributed by atoms with Gasteiger partial charge in [-0.25, -0.2) is 0 Å². The number of ether oxygens (including phenoxy) is 1. The van der Waals surface area contributed by atoms with Crippen LogP contribution in [0.1, 0.15) is 44.7 Å². The number of benzene rings is 2. The fourth-order valence-corrected chi connectivity index (χ4v) is 2.38. The summed E-state index contributed by atoms with van der Waals surface area (Å²) < 4.78 is 5.87. The third-order valence-corrected chi connectivity index (χ3v) is 3.84. The number of para-hydroxylation sites is 1. The number of amides is 1. The van der Waals surface area contributed by atoms with Gasteiger partial charge in [-0.1, -0.05) is 51.1 Å². The molecular weight excluding hydrogens is 286 g/mol. The predicted molar refractivity (Wildman–Crippen MR) is 95.1 cm³/mol. The van der Waals surface area contributed by atoms with Gasteiger partial charge in [0.25, 0.3) is 5.91 Å². The van der Waals surface area contributed by atoms with Crippen molar-refractivity contribution in [2.24, 2.45) is 0 Å². The Balaban J connectivity index is 2.02. The number of carbonyl (C=O) groups is 1. The maximum absolute atomic E-state index is 12.3. The predicted octanol–water partition coefficient (Wildman–Crippen LogP) is 4.78. The molecule has 0 radical (unpaired) electrons. The van der Waals surface area contributed by atoms with Gasteiger partial charge in [0.1, 0.15) is 5.75 Å². The third kappa shape index (κ3) is 4.59. The fraction of sp³-hybridized carbons (Fsp3) is 0.350. The molecule has 0 saturated heterocycles. The van der Waals surface area contributed by atoms with Gasteiger partial charge in [0.05, 0.1) is 0 Å². The molecular formula is C20H25NO2. The minimum absolute atomic E-state index is 0.146. The Morgan fingerprint density at radius 2 is 1.70 bits per heavy atom. The maximum Gasteiger partial charge on any atom is 0.265 e. The summed E-state index contributed by atoms with van der Waals surface area (Å²) >= 11 is 0. The molecule has 122 valence electrons. The number of hydrogen-bond donors (Lipinski definition) is 1. The zero-order chi connectivity index (χ0) is 16.8. The normalized spacial score (nSPS) is 12.0. The SMILES string of the molecule is CCc1ccc(NC(=O)[C@@H](C)Oc2ccccc2C(C)C)cc1. The molecule has 1 N–H and O–H groups in total. The molecule has 0 aliphatic carbocycles. The van der Waals surface area contributed by atoms with E-state index in [4.69, 9.17) is 4.74 Å². The van der Waals surface area contributed by atoms with Gasteiger partial charge in [-0.3, -0.25) is 4.79 Å². The highest BCUT2D eigenvalue weighted by Crippen LogP contribution is 2.26. The van der Waals surface area contributed by atoms with Crippen molar-refractivity contribution in [3.8, 4) is 5.75 Å². The summed E-state index contributed by atoms with van der Waals surface area (Å²) in [6.07, 6.45) is 0.431. The Morgan fingerprint density at radius 3 is 2.30 bits per heavy atom. The van der Waals surface area contributed by atoms with Crippen molar-refractivity contribution in [2.75, 3.05) is 5.32 Å². The first-order chi connectivity index (χ1) is 11.0. The van der Waals surface area contributed by atoms with Crippen LogP contribution in [-0.2, 0) is 11.2 Å². The van der Waals surface area contributed by atoms with E-state index in [1.165, 1.54) is 5.56 Å². The quantitative estimate of drug-likeness (QED) is 0.834. The van der Waals surface area contributed by atoms with E-state index in [0.29, 0.717) is 5.92 Å². The Bertz CT molecular complexity index is 647. The molecule has 0 bridgehead atoms. The molecule has 0 aliphatic heterocycles. The standard InChI is InChI=1S/C20H25NO2/c1-5-16-10-12-17(13-11-16)21-20(22)15(4)23-19-9-7-6-8-18(19)14(2)3/h6-15H,5H2,1-4H3,(H,21,22)/t15-/m1/s1. The summed E-state index contributed by atoms with van der Waals surface area (Å²) in [5, 5.41) is 2.90. The Labute approximate surface area is 138 Å². The first-order valence-corrected chi connectivity index (χ1v) is 8.16. The molecule has 1 atom stereocenters. The Morgan fingerprint density at radius 1 is 1.04 bits per heavy atom. The lowest BCUT2D eigenvalue weighted by Crippen LogP contribution is -2.30. The lowest BCUT2D eigenvalue weighted by Gasteiger charge is -2.18. The lowest BCUT2D eigenvalue weighted by molar-refractivity contribution is -0.122. The van der Waals surface area contributed by atoms with Crippen molar-refractivity contribution in [3.63, 3.8) is 0 Å². The van der Waals surface area contributed by atoms with Crippen LogP contribution in [0, 0.1) is 0 Å². The van der Waals surface area contributed by atoms with Crippen LogP contribution in [-0.4, -0.2) is 12.0 Å². The van der Waals surface area contributed by atoms with E-state index in [2.05, 4.69) is 26.1 Å². The van der Waals surface area contributed by atoms with Crippen LogP contribution in [0.4, 0.5) is 5.69 Å². The molecule has 0 aliphatic rings. The summed E-state index contributed by atoms with van der Waals surface area (Å²) in [5.74, 6) is 0.974. The molecule has 3 nitrogen and oxygen atoms in total. The fourth-order valence-electron chi connectivity index (χ4n) is 2.38. The molecule has 23 heavy (non-hydrogen) atoms. The summed E-state index contributed by atoms with van der Waals surface area (Å²) in [5.41, 5.74) is 3.15. The van der Waals surface area contributed by atoms with Crippen LogP contribution >= 0.6 is 0 Å². The number of hydrogen-bond acceptors (Lipinski definition) is 2. The summed E-state index contributed by atoms with van der Waals surface area (Å²) in [4.78, 5) is 12.3. The van der Waals surface area contributed by atoms with Crippen LogP contribution < -0.4 is 10.1 Å². The minimum atomic E-state index is -0.555. The maximum atomic E-state index is 12.3. The van der Waals surface area contributed by atoms with Crippen molar-refractivity contribution in [1.29, 1.82) is 0 Å². The zero-order valence-electron chi connectivity index (χ0n) is 14.3. The minimum Gasteiger partial charge on any atom is -0.481 e. The van der Waals surface area contributed by atoms with E-state index in [-0.39, 0.29) is 5.91 Å². The third-order valence-electron chi connectivity index (χ3n) is 3.84. The highest BCUT2D eigenvalue weighted by molar-refractivity contribution is 5.94. The molecule has 2 aromatic carbocycles. The molecule has 1 amide bonds. The second kappa shape index (κ2) is 7.82.